The van der Waals surface area contributed by atoms with Crippen LogP contribution in [0.2, 0.25) is 5.02 Å². The quantitative estimate of drug-likeness (QED) is 0.231. The van der Waals surface area contributed by atoms with Crippen molar-refractivity contribution in [2.75, 3.05) is 23.9 Å². The smallest absolute Gasteiger partial charge is 0.305 e. The van der Waals surface area contributed by atoms with Crippen LogP contribution >= 0.6 is 34.7 Å². The number of benzene rings is 3. The van der Waals surface area contributed by atoms with Gasteiger partial charge in [0.1, 0.15) is 17.3 Å². The maximum Gasteiger partial charge on any atom is 0.305 e. The highest BCUT2D eigenvalue weighted by atomic mass is 35.5. The van der Waals surface area contributed by atoms with Gasteiger partial charge in [0.25, 0.3) is 5.91 Å². The van der Waals surface area contributed by atoms with Crippen LogP contribution in [0.25, 0.3) is 0 Å². The van der Waals surface area contributed by atoms with Gasteiger partial charge in [0.15, 0.2) is 6.61 Å². The Labute approximate surface area is 281 Å². The fraction of sp³-hybridized carbons (Fsp3) is 0.294. The predicted octanol–water partition coefficient (Wildman–Crippen LogP) is 5.93. The molecule has 3 heterocycles. The molecule has 6 unspecified atom stereocenters. The number of methoxy groups -OCH3 is 1. The van der Waals surface area contributed by atoms with E-state index in [1.54, 1.807) is 61.3 Å². The minimum absolute atomic E-state index is 0.0369. The average Bonchev–Trinajstić information content (AvgIpc) is 3.80. The normalized spacial score (nSPS) is 27.0. The van der Waals surface area contributed by atoms with E-state index in [0.29, 0.717) is 33.5 Å². The molecule has 2 aliphatic heterocycles. The van der Waals surface area contributed by atoms with Gasteiger partial charge < -0.3 is 19.8 Å². The number of carbonyl (C=O) groups is 3. The van der Waals surface area contributed by atoms with E-state index in [1.807, 2.05) is 0 Å². The second-order valence-corrected chi connectivity index (χ2v) is 14.8. The molecule has 0 radical (unpaired) electrons. The Morgan fingerprint density at radius 3 is 2.47 bits per heavy atom. The van der Waals surface area contributed by atoms with E-state index in [1.165, 1.54) is 29.2 Å². The largest absolute Gasteiger partial charge is 0.497 e. The van der Waals surface area contributed by atoms with Crippen molar-refractivity contribution in [3.63, 3.8) is 0 Å². The summed E-state index contributed by atoms with van der Waals surface area (Å²) in [5.74, 6) is -1.73. The van der Waals surface area contributed by atoms with Crippen molar-refractivity contribution in [3.8, 4) is 11.5 Å². The Morgan fingerprint density at radius 1 is 1.02 bits per heavy atom. The van der Waals surface area contributed by atoms with Crippen molar-refractivity contribution >= 4 is 63.8 Å². The van der Waals surface area contributed by atoms with E-state index in [-0.39, 0.29) is 52.2 Å². The third kappa shape index (κ3) is 4.96. The van der Waals surface area contributed by atoms with E-state index in [2.05, 4.69) is 10.3 Å². The summed E-state index contributed by atoms with van der Waals surface area (Å²) < 4.78 is 24.7. The number of hydrogen-bond donors (Lipinski definition) is 2. The lowest BCUT2D eigenvalue weighted by atomic mass is 9.68. The van der Waals surface area contributed by atoms with Crippen molar-refractivity contribution in [1.82, 2.24) is 4.98 Å². The molecule has 9 nitrogen and oxygen atoms in total. The maximum absolute atomic E-state index is 14.1. The summed E-state index contributed by atoms with van der Waals surface area (Å²) in [7, 11) is 1.56. The highest BCUT2D eigenvalue weighted by molar-refractivity contribution is 8.00. The summed E-state index contributed by atoms with van der Waals surface area (Å²) in [4.78, 5) is 58.5. The van der Waals surface area contributed by atoms with Gasteiger partial charge in [0, 0.05) is 32.3 Å². The number of carbonyl (C=O) groups excluding carboxylic acids is 3. The number of ether oxygens (including phenoxy) is 2. The first-order chi connectivity index (χ1) is 22.7. The maximum atomic E-state index is 14.1. The van der Waals surface area contributed by atoms with Crippen LogP contribution in [0.3, 0.4) is 0 Å². The van der Waals surface area contributed by atoms with Gasteiger partial charge in [0.2, 0.25) is 11.8 Å². The molecule has 3 fully saturated rings. The number of thiazole rings is 1. The van der Waals surface area contributed by atoms with E-state index in [9.17, 15) is 23.6 Å². The van der Waals surface area contributed by atoms with E-state index >= 15 is 0 Å². The van der Waals surface area contributed by atoms with Gasteiger partial charge in [0.05, 0.1) is 29.7 Å². The van der Waals surface area contributed by atoms with Crippen molar-refractivity contribution < 1.29 is 28.2 Å². The number of halogens is 2. The number of nitrogens with one attached hydrogen (secondary N) is 2. The third-order valence-electron chi connectivity index (χ3n) is 9.85. The Hall–Kier alpha value is -4.13. The fourth-order valence-electron chi connectivity index (χ4n) is 8.12. The first kappa shape index (κ1) is 30.2. The van der Waals surface area contributed by atoms with Crippen molar-refractivity contribution in [1.29, 1.82) is 0 Å². The highest BCUT2D eigenvalue weighted by Crippen LogP contribution is 2.69. The van der Waals surface area contributed by atoms with Gasteiger partial charge in [-0.25, -0.2) is 4.39 Å². The Balaban J connectivity index is 1.13. The van der Waals surface area contributed by atoms with E-state index in [4.69, 9.17) is 21.1 Å². The first-order valence-electron chi connectivity index (χ1n) is 15.1. The summed E-state index contributed by atoms with van der Waals surface area (Å²) in [6.45, 7) is -0.321. The lowest BCUT2D eigenvalue weighted by Crippen LogP contribution is -2.42. The molecule has 2 aliphatic carbocycles. The fourth-order valence-corrected chi connectivity index (χ4v) is 11.2. The highest BCUT2D eigenvalue weighted by Gasteiger charge is 2.69. The number of fused-ring (bicyclic) bond motifs is 9. The Morgan fingerprint density at radius 2 is 1.74 bits per heavy atom. The lowest BCUT2D eigenvalue weighted by molar-refractivity contribution is -0.123. The molecular formula is C34H27ClFN3O6S2. The molecule has 13 heteroatoms. The summed E-state index contributed by atoms with van der Waals surface area (Å²) in [5.41, 5.74) is 1.67. The molecule has 3 amide bonds. The van der Waals surface area contributed by atoms with Crippen molar-refractivity contribution in [3.05, 3.63) is 97.7 Å². The molecule has 1 aromatic heterocycles. The molecule has 2 bridgehead atoms. The van der Waals surface area contributed by atoms with Gasteiger partial charge in [-0.2, -0.15) is 0 Å². The summed E-state index contributed by atoms with van der Waals surface area (Å²) in [6, 6.07) is 17.5. The zero-order chi connectivity index (χ0) is 32.6. The van der Waals surface area contributed by atoms with E-state index in [0.717, 1.165) is 27.7 Å². The van der Waals surface area contributed by atoms with Crippen LogP contribution in [0.4, 0.5) is 15.8 Å². The van der Waals surface area contributed by atoms with Crippen LogP contribution in [-0.2, 0) is 14.4 Å². The molecule has 240 valence electrons. The predicted molar refractivity (Wildman–Crippen MR) is 176 cm³/mol. The van der Waals surface area contributed by atoms with Gasteiger partial charge in [-0.05, 0) is 90.9 Å². The molecule has 0 spiro atoms. The molecule has 4 aliphatic rings. The Kier molecular flexibility index (Phi) is 7.42. The molecule has 7 atom stereocenters. The number of aromatic amines is 1. The standard InChI is InChI=1S/C34H27ClFN3O6S2/c1-44-19-9-7-18(8-10-19)39-32(41)27-21-13-22(28(27)33(39)42)29-26(21)25(30-31(46-29)38-34(43)47-30)20-12-15(35)2-11-23(20)45-14-24(40)37-17-5-3-16(36)4-6-17/h2-12,21-22,25-29H,13-14H2,1H3,(H,37,40)(H,38,43)/t21?,22?,25-,26?,27?,28?,29?/m1/s1. The first-order valence-corrected chi connectivity index (χ1v) is 17.2. The van der Waals surface area contributed by atoms with Gasteiger partial charge >= 0.3 is 4.87 Å². The van der Waals surface area contributed by atoms with Gasteiger partial charge in [-0.3, -0.25) is 24.1 Å². The van der Waals surface area contributed by atoms with Crippen molar-refractivity contribution in [2.24, 2.45) is 29.6 Å². The minimum Gasteiger partial charge on any atom is -0.497 e. The number of amides is 3. The number of aromatic nitrogens is 1. The SMILES string of the molecule is COc1ccc(N2C(=O)C3C4CC(C3C2=O)C2C4Sc3[nH]c(=O)sc3[C@@H]2c2cc(Cl)ccc2OCC(=O)Nc2ccc(F)cc2)cc1. The van der Waals surface area contributed by atoms with Crippen LogP contribution in [0, 0.1) is 35.4 Å². The molecule has 1 saturated heterocycles. The minimum atomic E-state index is -0.485. The lowest BCUT2D eigenvalue weighted by Gasteiger charge is -2.43. The third-order valence-corrected chi connectivity index (χ3v) is 12.7. The Bertz CT molecular complexity index is 1980. The second-order valence-electron chi connectivity index (χ2n) is 12.2. The zero-order valence-corrected chi connectivity index (χ0v) is 27.2. The number of thioether (sulfide) groups is 1. The summed E-state index contributed by atoms with van der Waals surface area (Å²) >= 11 is 9.27. The van der Waals surface area contributed by atoms with Crippen LogP contribution in [0.1, 0.15) is 22.8 Å². The monoisotopic (exact) mass is 691 g/mol. The number of nitrogens with zero attached hydrogens (tertiary/aromatic N) is 1. The van der Waals surface area contributed by atoms with Gasteiger partial charge in [-0.15, -0.1) is 11.8 Å². The second kappa shape index (κ2) is 11.5. The number of hydrogen-bond acceptors (Lipinski definition) is 8. The molecule has 3 aromatic carbocycles. The van der Waals surface area contributed by atoms with Crippen LogP contribution in [0.5, 0.6) is 11.5 Å². The molecule has 47 heavy (non-hydrogen) atoms. The summed E-state index contributed by atoms with van der Waals surface area (Å²) in [5, 5.41) is 3.87. The van der Waals surface area contributed by atoms with E-state index < -0.39 is 23.6 Å². The molecule has 8 rings (SSSR count). The van der Waals surface area contributed by atoms with Crippen LogP contribution < -0.4 is 24.6 Å². The number of anilines is 2. The molecule has 2 N–H and O–H groups in total. The molecule has 4 aromatic rings. The van der Waals surface area contributed by atoms with Crippen LogP contribution in [-0.4, -0.2) is 41.7 Å². The number of H-pyrrole nitrogens is 1. The molecular weight excluding hydrogens is 665 g/mol. The molecule has 2 saturated carbocycles. The van der Waals surface area contributed by atoms with Crippen molar-refractivity contribution in [2.45, 2.75) is 22.6 Å². The zero-order valence-electron chi connectivity index (χ0n) is 24.8. The number of imide groups is 1. The summed E-state index contributed by atoms with van der Waals surface area (Å²) in [6.07, 6.45) is 0.720. The van der Waals surface area contributed by atoms with Gasteiger partial charge in [-0.1, -0.05) is 22.9 Å². The van der Waals surface area contributed by atoms with Crippen LogP contribution in [0.15, 0.2) is 76.6 Å². The average molecular weight is 692 g/mol. The number of rotatable bonds is 7. The topological polar surface area (TPSA) is 118 Å².